The third-order valence-electron chi connectivity index (χ3n) is 4.50. The Morgan fingerprint density at radius 3 is 2.64 bits per heavy atom. The van der Waals surface area contributed by atoms with E-state index < -0.39 is 0 Å². The van der Waals surface area contributed by atoms with Crippen LogP contribution < -0.4 is 9.64 Å². The molecule has 0 unspecified atom stereocenters. The number of halogens is 2. The van der Waals surface area contributed by atoms with Gasteiger partial charge in [0.15, 0.2) is 0 Å². The van der Waals surface area contributed by atoms with E-state index in [0.29, 0.717) is 18.7 Å². The van der Waals surface area contributed by atoms with Crippen LogP contribution >= 0.6 is 15.9 Å². The molecule has 0 bridgehead atoms. The Kier molecular flexibility index (Phi) is 5.71. The average molecular weight is 408 g/mol. The van der Waals surface area contributed by atoms with Gasteiger partial charge in [0.2, 0.25) is 0 Å². The minimum absolute atomic E-state index is 0.0919. The van der Waals surface area contributed by atoms with E-state index in [1.807, 2.05) is 11.0 Å². The molecular formula is C19H21BrFN2O2+. The number of hydrogen-bond acceptors (Lipinski definition) is 2. The average Bonchev–Trinajstić information content (AvgIpc) is 2.62. The highest BCUT2D eigenvalue weighted by Gasteiger charge is 2.24. The predicted octanol–water partition coefficient (Wildman–Crippen LogP) is 2.14. The Hall–Kier alpha value is -1.92. The van der Waals surface area contributed by atoms with Crippen LogP contribution in [0.4, 0.5) is 4.39 Å². The van der Waals surface area contributed by atoms with Crippen molar-refractivity contribution >= 4 is 21.8 Å². The molecule has 1 N–H and O–H groups in total. The highest BCUT2D eigenvalue weighted by molar-refractivity contribution is 9.10. The number of nitrogens with zero attached hydrogens (tertiary/aromatic N) is 1. The van der Waals surface area contributed by atoms with E-state index in [2.05, 4.69) is 28.1 Å². The molecule has 0 radical (unpaired) electrons. The lowest BCUT2D eigenvalue weighted by Gasteiger charge is -2.32. The van der Waals surface area contributed by atoms with Crippen LogP contribution in [0, 0.1) is 5.82 Å². The molecule has 1 aliphatic rings. The van der Waals surface area contributed by atoms with Crippen LogP contribution in [0.15, 0.2) is 46.9 Å². The smallest absolute Gasteiger partial charge is 0.254 e. The van der Waals surface area contributed by atoms with E-state index in [9.17, 15) is 9.18 Å². The molecule has 1 aliphatic heterocycles. The molecule has 1 fully saturated rings. The van der Waals surface area contributed by atoms with Crippen molar-refractivity contribution < 1.29 is 18.8 Å². The molecule has 2 aromatic rings. The summed E-state index contributed by atoms with van der Waals surface area (Å²) in [6.45, 7) is 4.03. The van der Waals surface area contributed by atoms with Crippen molar-refractivity contribution in [2.75, 3.05) is 33.3 Å². The maximum atomic E-state index is 13.3. The van der Waals surface area contributed by atoms with Crippen molar-refractivity contribution in [1.29, 1.82) is 0 Å². The highest BCUT2D eigenvalue weighted by atomic mass is 79.9. The number of nitrogens with one attached hydrogen (secondary N) is 1. The zero-order valence-corrected chi connectivity index (χ0v) is 15.7. The molecule has 0 aliphatic carbocycles. The van der Waals surface area contributed by atoms with Gasteiger partial charge in [0.1, 0.15) is 18.1 Å². The number of methoxy groups -OCH3 is 1. The fourth-order valence-corrected chi connectivity index (χ4v) is 3.70. The molecule has 25 heavy (non-hydrogen) atoms. The molecular weight excluding hydrogens is 387 g/mol. The zero-order valence-electron chi connectivity index (χ0n) is 14.1. The Labute approximate surface area is 155 Å². The number of rotatable bonds is 4. The molecule has 1 heterocycles. The lowest BCUT2D eigenvalue weighted by Crippen LogP contribution is -3.13. The van der Waals surface area contributed by atoms with Crippen LogP contribution in [0.3, 0.4) is 0 Å². The van der Waals surface area contributed by atoms with Gasteiger partial charge in [-0.05, 0) is 52.3 Å². The summed E-state index contributed by atoms with van der Waals surface area (Å²) >= 11 is 3.51. The molecule has 0 saturated carbocycles. The molecule has 0 atom stereocenters. The second kappa shape index (κ2) is 7.97. The lowest BCUT2D eigenvalue weighted by molar-refractivity contribution is -0.917. The van der Waals surface area contributed by atoms with Crippen LogP contribution in [0.5, 0.6) is 5.75 Å². The summed E-state index contributed by atoms with van der Waals surface area (Å²) in [5.41, 5.74) is 1.65. The first-order valence-corrected chi connectivity index (χ1v) is 9.07. The molecule has 0 aromatic heterocycles. The normalized spacial score (nSPS) is 15.2. The monoisotopic (exact) mass is 407 g/mol. The van der Waals surface area contributed by atoms with Gasteiger partial charge in [-0.1, -0.05) is 6.07 Å². The standard InChI is InChI=1S/C19H20BrFN2O2/c1-25-18-6-5-14(11-17(18)20)13-22-7-9-23(10-8-22)19(24)15-3-2-4-16(21)12-15/h2-6,11-12H,7-10,13H2,1H3/p+1. The number of ether oxygens (including phenoxy) is 1. The van der Waals surface area contributed by atoms with E-state index in [4.69, 9.17) is 4.74 Å². The third-order valence-corrected chi connectivity index (χ3v) is 5.12. The highest BCUT2D eigenvalue weighted by Crippen LogP contribution is 2.25. The number of benzene rings is 2. The molecule has 132 valence electrons. The number of quaternary nitrogens is 1. The van der Waals surface area contributed by atoms with E-state index in [1.165, 1.54) is 22.6 Å². The number of hydrogen-bond donors (Lipinski definition) is 1. The zero-order chi connectivity index (χ0) is 17.8. The van der Waals surface area contributed by atoms with E-state index in [0.717, 1.165) is 29.9 Å². The SMILES string of the molecule is COc1ccc(C[NH+]2CCN(C(=O)c3cccc(F)c3)CC2)cc1Br. The van der Waals surface area contributed by atoms with E-state index >= 15 is 0 Å². The molecule has 4 nitrogen and oxygen atoms in total. The van der Waals surface area contributed by atoms with Crippen molar-refractivity contribution in [3.8, 4) is 5.75 Å². The Morgan fingerprint density at radius 2 is 2.00 bits per heavy atom. The predicted molar refractivity (Wildman–Crippen MR) is 97.4 cm³/mol. The lowest BCUT2D eigenvalue weighted by atomic mass is 10.1. The van der Waals surface area contributed by atoms with Gasteiger partial charge in [-0.15, -0.1) is 0 Å². The molecule has 1 saturated heterocycles. The summed E-state index contributed by atoms with van der Waals surface area (Å²) in [6.07, 6.45) is 0. The van der Waals surface area contributed by atoms with Gasteiger partial charge in [-0.3, -0.25) is 4.79 Å². The maximum Gasteiger partial charge on any atom is 0.254 e. The van der Waals surface area contributed by atoms with Crippen LogP contribution in [-0.2, 0) is 6.54 Å². The molecule has 2 aromatic carbocycles. The minimum Gasteiger partial charge on any atom is -0.496 e. The van der Waals surface area contributed by atoms with E-state index in [-0.39, 0.29) is 11.7 Å². The minimum atomic E-state index is -0.375. The second-order valence-corrected chi connectivity index (χ2v) is 7.05. The fraction of sp³-hybridized carbons (Fsp3) is 0.316. The van der Waals surface area contributed by atoms with Gasteiger partial charge in [0, 0.05) is 11.1 Å². The largest absolute Gasteiger partial charge is 0.496 e. The number of carbonyl (C=O) groups excluding carboxylic acids is 1. The molecule has 3 rings (SSSR count). The Bertz CT molecular complexity index is 761. The molecule has 1 amide bonds. The topological polar surface area (TPSA) is 34.0 Å². The van der Waals surface area contributed by atoms with E-state index in [1.54, 1.807) is 19.2 Å². The number of piperazine rings is 1. The summed E-state index contributed by atoms with van der Waals surface area (Å²) in [7, 11) is 1.65. The van der Waals surface area contributed by atoms with Crippen molar-refractivity contribution in [2.24, 2.45) is 0 Å². The van der Waals surface area contributed by atoms with Gasteiger partial charge in [0.05, 0.1) is 37.8 Å². The summed E-state index contributed by atoms with van der Waals surface area (Å²) in [4.78, 5) is 15.7. The summed E-state index contributed by atoms with van der Waals surface area (Å²) < 4.78 is 19.5. The van der Waals surface area contributed by atoms with Crippen LogP contribution in [0.25, 0.3) is 0 Å². The summed E-state index contributed by atoms with van der Waals surface area (Å²) in [5.74, 6) is 0.357. The maximum absolute atomic E-state index is 13.3. The van der Waals surface area contributed by atoms with Gasteiger partial charge < -0.3 is 14.5 Å². The molecule has 6 heteroatoms. The van der Waals surface area contributed by atoms with Crippen LogP contribution in [0.1, 0.15) is 15.9 Å². The first-order chi connectivity index (χ1) is 12.1. The quantitative estimate of drug-likeness (QED) is 0.842. The van der Waals surface area contributed by atoms with Gasteiger partial charge in [-0.2, -0.15) is 0 Å². The first kappa shape index (κ1) is 17.9. The third kappa shape index (κ3) is 4.38. The first-order valence-electron chi connectivity index (χ1n) is 8.27. The number of carbonyl (C=O) groups is 1. The van der Waals surface area contributed by atoms with Crippen LogP contribution in [-0.4, -0.2) is 44.1 Å². The van der Waals surface area contributed by atoms with Crippen molar-refractivity contribution in [3.05, 3.63) is 63.9 Å². The van der Waals surface area contributed by atoms with Crippen molar-refractivity contribution in [2.45, 2.75) is 6.54 Å². The van der Waals surface area contributed by atoms with Gasteiger partial charge >= 0.3 is 0 Å². The van der Waals surface area contributed by atoms with Crippen molar-refractivity contribution in [1.82, 2.24) is 4.90 Å². The fourth-order valence-electron chi connectivity index (χ4n) is 3.12. The number of amides is 1. The molecule has 0 spiro atoms. The Balaban J connectivity index is 1.56. The van der Waals surface area contributed by atoms with Gasteiger partial charge in [0.25, 0.3) is 5.91 Å². The Morgan fingerprint density at radius 1 is 1.24 bits per heavy atom. The van der Waals surface area contributed by atoms with Crippen molar-refractivity contribution in [3.63, 3.8) is 0 Å². The van der Waals surface area contributed by atoms with Crippen LogP contribution in [0.2, 0.25) is 0 Å². The van der Waals surface area contributed by atoms with Gasteiger partial charge in [-0.25, -0.2) is 4.39 Å². The summed E-state index contributed by atoms with van der Waals surface area (Å²) in [5, 5.41) is 0. The summed E-state index contributed by atoms with van der Waals surface area (Å²) in [6, 6.07) is 12.0. The second-order valence-electron chi connectivity index (χ2n) is 6.20.